The zero-order valence-corrected chi connectivity index (χ0v) is 5.62. The van der Waals surface area contributed by atoms with E-state index in [0.717, 1.165) is 0 Å². The van der Waals surface area contributed by atoms with Crippen LogP contribution in [0, 0.1) is 22.7 Å². The van der Waals surface area contributed by atoms with Gasteiger partial charge in [0.05, 0.1) is 0 Å². The Morgan fingerprint density at radius 2 is 1.62 bits per heavy atom. The predicted molar refractivity (Wildman–Crippen MR) is 35.7 cm³/mol. The Bertz CT molecular complexity index is 171. The van der Waals surface area contributed by atoms with Gasteiger partial charge in [-0.25, -0.2) is 0 Å². The molecule has 8 heavy (non-hydrogen) atoms. The number of rotatable bonds is 0. The fraction of sp³-hybridized carbons (Fsp3) is 0.400. The molecule has 0 bridgehead atoms. The maximum atomic E-state index is 8.19. The number of nitriles is 2. The maximum absolute atomic E-state index is 8.19. The molecule has 0 aliphatic rings. The van der Waals surface area contributed by atoms with Crippen molar-refractivity contribution in [2.45, 2.75) is 0 Å². The van der Waals surface area contributed by atoms with Crippen LogP contribution in [0.5, 0.6) is 0 Å². The zero-order chi connectivity index (χ0) is 6.57. The lowest BCUT2D eigenvalue weighted by Gasteiger charge is -1.84. The summed E-state index contributed by atoms with van der Waals surface area (Å²) >= 11 is 0. The van der Waals surface area contributed by atoms with E-state index >= 15 is 0 Å². The van der Waals surface area contributed by atoms with Crippen molar-refractivity contribution in [3.63, 3.8) is 0 Å². The van der Waals surface area contributed by atoms with Crippen LogP contribution in [0.2, 0.25) is 0 Å². The lowest BCUT2D eigenvalue weighted by molar-refractivity contribution is 1.54. The summed E-state index contributed by atoms with van der Waals surface area (Å²) in [6.45, 7) is 0. The molecular formula is C5H6N2S. The SMILES string of the molecule is CS(C)=C(C#N)C#N. The molecule has 0 aromatic heterocycles. The molecule has 0 aliphatic carbocycles. The van der Waals surface area contributed by atoms with E-state index in [4.69, 9.17) is 10.5 Å². The highest BCUT2D eigenvalue weighted by molar-refractivity contribution is 8.15. The number of hydrogen-bond donors (Lipinski definition) is 0. The Balaban J connectivity index is 4.47. The highest BCUT2D eigenvalue weighted by atomic mass is 32.2. The van der Waals surface area contributed by atoms with Gasteiger partial charge in [-0.3, -0.25) is 0 Å². The first-order valence-corrected chi connectivity index (χ1v) is 4.01. The van der Waals surface area contributed by atoms with Gasteiger partial charge in [0.25, 0.3) is 0 Å². The van der Waals surface area contributed by atoms with E-state index in [-0.39, 0.29) is 10.5 Å². The largest absolute Gasteiger partial charge is 0.191 e. The fourth-order valence-electron chi connectivity index (χ4n) is 0.208. The quantitative estimate of drug-likeness (QED) is 0.449. The summed E-state index contributed by atoms with van der Waals surface area (Å²) in [7, 11) is -0.159. The van der Waals surface area contributed by atoms with Crippen molar-refractivity contribution >= 4 is 15.3 Å². The third-order valence-corrected chi connectivity index (χ3v) is 1.61. The van der Waals surface area contributed by atoms with Gasteiger partial charge in [-0.2, -0.15) is 21.0 Å². The molecule has 0 heterocycles. The second-order valence-corrected chi connectivity index (χ2v) is 3.41. The van der Waals surface area contributed by atoms with Crippen LogP contribution in [0.15, 0.2) is 0 Å². The van der Waals surface area contributed by atoms with Gasteiger partial charge in [-0.15, -0.1) is 0 Å². The van der Waals surface area contributed by atoms with Crippen LogP contribution in [0.4, 0.5) is 0 Å². The fourth-order valence-corrected chi connectivity index (χ4v) is 0.573. The van der Waals surface area contributed by atoms with Gasteiger partial charge in [0.1, 0.15) is 12.1 Å². The first kappa shape index (κ1) is 7.20. The van der Waals surface area contributed by atoms with Crippen molar-refractivity contribution in [3.8, 4) is 12.1 Å². The summed E-state index contributed by atoms with van der Waals surface area (Å²) in [5.41, 5.74) is 0. The molecule has 0 saturated carbocycles. The number of hydrogen-bond acceptors (Lipinski definition) is 2. The molecular weight excluding hydrogens is 120 g/mol. The van der Waals surface area contributed by atoms with Gasteiger partial charge in [0.2, 0.25) is 0 Å². The van der Waals surface area contributed by atoms with Crippen LogP contribution >= 0.6 is 10.5 Å². The van der Waals surface area contributed by atoms with E-state index in [2.05, 4.69) is 0 Å². The molecule has 0 aliphatic heterocycles. The van der Waals surface area contributed by atoms with Crippen LogP contribution in [-0.2, 0) is 0 Å². The van der Waals surface area contributed by atoms with Crippen LogP contribution in [0.1, 0.15) is 0 Å². The van der Waals surface area contributed by atoms with Crippen molar-refractivity contribution < 1.29 is 0 Å². The summed E-state index contributed by atoms with van der Waals surface area (Å²) in [6, 6.07) is 3.64. The minimum Gasteiger partial charge on any atom is -0.191 e. The minimum atomic E-state index is -0.159. The van der Waals surface area contributed by atoms with Gasteiger partial charge in [0, 0.05) is 0 Å². The molecule has 0 unspecified atom stereocenters. The Morgan fingerprint density at radius 1 is 1.25 bits per heavy atom. The highest BCUT2D eigenvalue weighted by Gasteiger charge is 1.89. The summed E-state index contributed by atoms with van der Waals surface area (Å²) in [4.78, 5) is 0.324. The van der Waals surface area contributed by atoms with Crippen LogP contribution in [0.3, 0.4) is 0 Å². The molecule has 3 heteroatoms. The number of nitrogens with zero attached hydrogens (tertiary/aromatic N) is 2. The first-order valence-electron chi connectivity index (χ1n) is 1.97. The van der Waals surface area contributed by atoms with E-state index in [9.17, 15) is 0 Å². The summed E-state index contributed by atoms with van der Waals surface area (Å²) < 4.78 is 0. The smallest absolute Gasteiger partial charge is 0.153 e. The van der Waals surface area contributed by atoms with E-state index in [1.165, 1.54) is 0 Å². The topological polar surface area (TPSA) is 47.6 Å². The molecule has 0 amide bonds. The minimum absolute atomic E-state index is 0.159. The molecule has 0 aromatic carbocycles. The van der Waals surface area contributed by atoms with E-state index in [0.29, 0.717) is 4.86 Å². The van der Waals surface area contributed by atoms with Crippen LogP contribution in [-0.4, -0.2) is 17.4 Å². The first-order chi connectivity index (χ1) is 3.72. The van der Waals surface area contributed by atoms with Crippen molar-refractivity contribution in [3.05, 3.63) is 0 Å². The van der Waals surface area contributed by atoms with Crippen molar-refractivity contribution in [1.82, 2.24) is 0 Å². The second-order valence-electron chi connectivity index (χ2n) is 1.37. The lowest BCUT2D eigenvalue weighted by Crippen LogP contribution is -1.85. The van der Waals surface area contributed by atoms with E-state index in [1.54, 1.807) is 0 Å². The average Bonchev–Trinajstić information content (AvgIpc) is 1.69. The molecule has 0 rings (SSSR count). The molecule has 0 saturated heterocycles. The molecule has 2 nitrogen and oxygen atoms in total. The van der Waals surface area contributed by atoms with Gasteiger partial charge in [-0.05, 0) is 12.5 Å². The Labute approximate surface area is 51.3 Å². The maximum Gasteiger partial charge on any atom is 0.153 e. The van der Waals surface area contributed by atoms with E-state index in [1.807, 2.05) is 24.6 Å². The molecule has 0 spiro atoms. The zero-order valence-electron chi connectivity index (χ0n) is 4.80. The van der Waals surface area contributed by atoms with Gasteiger partial charge < -0.3 is 0 Å². The molecule has 42 valence electrons. The van der Waals surface area contributed by atoms with Gasteiger partial charge in [-0.1, -0.05) is 0 Å². The van der Waals surface area contributed by atoms with Gasteiger partial charge >= 0.3 is 0 Å². The van der Waals surface area contributed by atoms with Crippen LogP contribution in [0.25, 0.3) is 0 Å². The molecule has 0 radical (unpaired) electrons. The average molecular weight is 126 g/mol. The monoisotopic (exact) mass is 126 g/mol. The van der Waals surface area contributed by atoms with Crippen LogP contribution < -0.4 is 0 Å². The third kappa shape index (κ3) is 1.77. The third-order valence-electron chi connectivity index (χ3n) is 0.611. The van der Waals surface area contributed by atoms with Crippen molar-refractivity contribution in [1.29, 1.82) is 10.5 Å². The molecule has 0 aromatic rings. The Morgan fingerprint density at radius 3 is 1.62 bits per heavy atom. The predicted octanol–water partition coefficient (Wildman–Crippen LogP) is 0.734. The second kappa shape index (κ2) is 3.23. The standard InChI is InChI=1S/C5H6N2S/c1-8(2)5(3-6)4-7/h1-2H3. The van der Waals surface area contributed by atoms with E-state index < -0.39 is 0 Å². The normalized spacial score (nSPS) is 7.62. The van der Waals surface area contributed by atoms with Gasteiger partial charge in [0.15, 0.2) is 4.86 Å². The Hall–Kier alpha value is -0.800. The highest BCUT2D eigenvalue weighted by Crippen LogP contribution is 1.99. The van der Waals surface area contributed by atoms with Crippen molar-refractivity contribution in [2.24, 2.45) is 0 Å². The molecule has 0 atom stereocenters. The summed E-state index contributed by atoms with van der Waals surface area (Å²) in [5.74, 6) is 0. The Kier molecular flexibility index (Phi) is 2.91. The summed E-state index contributed by atoms with van der Waals surface area (Å²) in [5, 5.41) is 16.4. The summed E-state index contributed by atoms with van der Waals surface area (Å²) in [6.07, 6.45) is 3.70. The lowest BCUT2D eigenvalue weighted by atomic mass is 10.5. The molecule has 0 N–H and O–H groups in total. The van der Waals surface area contributed by atoms with Crippen molar-refractivity contribution in [2.75, 3.05) is 12.5 Å². The molecule has 0 fully saturated rings.